The molecule has 1 aromatic rings. The lowest BCUT2D eigenvalue weighted by Crippen LogP contribution is -2.35. The molecule has 0 saturated carbocycles. The van der Waals surface area contributed by atoms with Crippen LogP contribution in [0.25, 0.3) is 0 Å². The molecule has 3 N–H and O–H groups in total. The minimum absolute atomic E-state index is 0.00493. The van der Waals surface area contributed by atoms with E-state index in [0.29, 0.717) is 17.9 Å². The van der Waals surface area contributed by atoms with E-state index in [2.05, 4.69) is 16.0 Å². The summed E-state index contributed by atoms with van der Waals surface area (Å²) in [6.07, 6.45) is 0.692. The van der Waals surface area contributed by atoms with Crippen molar-refractivity contribution < 1.29 is 19.1 Å². The average molecular weight is 379 g/mol. The molecule has 0 atom stereocenters. The first-order valence-electron chi connectivity index (χ1n) is 8.49. The Morgan fingerprint density at radius 3 is 2.50 bits per heavy atom. The van der Waals surface area contributed by atoms with Crippen molar-refractivity contribution in [3.63, 3.8) is 0 Å². The fourth-order valence-corrected chi connectivity index (χ4v) is 2.20. The molecular formula is C18H25N3O4S. The standard InChI is InChI=1S/C18H25N3O4S/c1-4-11-25-16(23)10-9-15(22)21-18(26)20-14-8-6-5-7-13(14)17(24)19-12(2)3/h5-8,12H,4,9-11H2,1-3H3,(H,19,24)(H2,20,21,22,26). The lowest BCUT2D eigenvalue weighted by atomic mass is 10.1. The van der Waals surface area contributed by atoms with Gasteiger partial charge in [0, 0.05) is 12.5 Å². The summed E-state index contributed by atoms with van der Waals surface area (Å²) >= 11 is 5.11. The van der Waals surface area contributed by atoms with Crippen LogP contribution in [0.3, 0.4) is 0 Å². The van der Waals surface area contributed by atoms with Crippen molar-refractivity contribution in [1.29, 1.82) is 0 Å². The van der Waals surface area contributed by atoms with E-state index in [0.717, 1.165) is 6.42 Å². The molecule has 1 rings (SSSR count). The summed E-state index contributed by atoms with van der Waals surface area (Å²) in [7, 11) is 0. The maximum absolute atomic E-state index is 12.2. The number of amides is 2. The summed E-state index contributed by atoms with van der Waals surface area (Å²) in [5.74, 6) is -1.06. The molecule has 0 spiro atoms. The van der Waals surface area contributed by atoms with Crippen LogP contribution in [0.1, 0.15) is 50.4 Å². The van der Waals surface area contributed by atoms with E-state index in [4.69, 9.17) is 17.0 Å². The van der Waals surface area contributed by atoms with Crippen LogP contribution >= 0.6 is 12.2 Å². The lowest BCUT2D eigenvalue weighted by Gasteiger charge is -2.14. The lowest BCUT2D eigenvalue weighted by molar-refractivity contribution is -0.144. The summed E-state index contributed by atoms with van der Waals surface area (Å²) in [5, 5.41) is 8.19. The van der Waals surface area contributed by atoms with E-state index in [1.807, 2.05) is 20.8 Å². The van der Waals surface area contributed by atoms with Gasteiger partial charge in [0.1, 0.15) is 0 Å². The quantitative estimate of drug-likeness (QED) is 0.474. The molecule has 0 radical (unpaired) electrons. The number of carbonyl (C=O) groups excluding carboxylic acids is 3. The minimum atomic E-state index is -0.420. The molecule has 8 heteroatoms. The highest BCUT2D eigenvalue weighted by Crippen LogP contribution is 2.15. The second-order valence-corrected chi connectivity index (χ2v) is 6.30. The molecule has 2 amide bonds. The second-order valence-electron chi connectivity index (χ2n) is 5.90. The Bertz CT molecular complexity index is 662. The van der Waals surface area contributed by atoms with Crippen molar-refractivity contribution in [2.75, 3.05) is 11.9 Å². The van der Waals surface area contributed by atoms with Gasteiger partial charge in [-0.25, -0.2) is 0 Å². The van der Waals surface area contributed by atoms with E-state index in [-0.39, 0.29) is 29.9 Å². The van der Waals surface area contributed by atoms with Gasteiger partial charge < -0.3 is 20.7 Å². The summed E-state index contributed by atoms with van der Waals surface area (Å²) in [6, 6.07) is 6.84. The maximum Gasteiger partial charge on any atom is 0.306 e. The molecule has 0 saturated heterocycles. The summed E-state index contributed by atoms with van der Waals surface area (Å²) in [6.45, 7) is 5.97. The molecule has 7 nitrogen and oxygen atoms in total. The van der Waals surface area contributed by atoms with Crippen molar-refractivity contribution in [3.05, 3.63) is 29.8 Å². The van der Waals surface area contributed by atoms with Gasteiger partial charge >= 0.3 is 5.97 Å². The molecule has 26 heavy (non-hydrogen) atoms. The zero-order valence-corrected chi connectivity index (χ0v) is 16.1. The monoisotopic (exact) mass is 379 g/mol. The molecule has 1 aromatic carbocycles. The number of esters is 1. The number of para-hydroxylation sites is 1. The highest BCUT2D eigenvalue weighted by atomic mass is 32.1. The van der Waals surface area contributed by atoms with Gasteiger partial charge in [-0.15, -0.1) is 0 Å². The molecule has 0 aliphatic rings. The summed E-state index contributed by atoms with van der Waals surface area (Å²) in [4.78, 5) is 35.5. The molecular weight excluding hydrogens is 354 g/mol. The fourth-order valence-electron chi connectivity index (χ4n) is 1.98. The third kappa shape index (κ3) is 8.06. The Balaban J connectivity index is 2.56. The van der Waals surface area contributed by atoms with E-state index >= 15 is 0 Å². The molecule has 142 valence electrons. The third-order valence-corrected chi connectivity index (χ3v) is 3.32. The Labute approximate surface area is 158 Å². The van der Waals surface area contributed by atoms with Crippen molar-refractivity contribution in [2.45, 2.75) is 46.1 Å². The molecule has 0 unspecified atom stereocenters. The van der Waals surface area contributed by atoms with Crippen LogP contribution in [0.5, 0.6) is 0 Å². The van der Waals surface area contributed by atoms with E-state index in [9.17, 15) is 14.4 Å². The number of hydrogen-bond donors (Lipinski definition) is 3. The number of carbonyl (C=O) groups is 3. The molecule has 0 heterocycles. The fraction of sp³-hybridized carbons (Fsp3) is 0.444. The number of rotatable bonds is 8. The Morgan fingerprint density at radius 1 is 1.15 bits per heavy atom. The molecule has 0 fully saturated rings. The van der Waals surface area contributed by atoms with Crippen LogP contribution < -0.4 is 16.0 Å². The van der Waals surface area contributed by atoms with Crippen molar-refractivity contribution in [3.8, 4) is 0 Å². The zero-order chi connectivity index (χ0) is 19.5. The number of ether oxygens (including phenoxy) is 1. The SMILES string of the molecule is CCCOC(=O)CCC(=O)NC(=S)Nc1ccccc1C(=O)NC(C)C. The van der Waals surface area contributed by atoms with Crippen molar-refractivity contribution in [2.24, 2.45) is 0 Å². The van der Waals surface area contributed by atoms with Gasteiger partial charge in [-0.2, -0.15) is 0 Å². The second kappa shape index (κ2) is 11.2. The number of thiocarbonyl (C=S) groups is 1. The predicted molar refractivity (Wildman–Crippen MR) is 104 cm³/mol. The van der Waals surface area contributed by atoms with E-state index < -0.39 is 11.9 Å². The maximum atomic E-state index is 12.2. The number of hydrogen-bond acceptors (Lipinski definition) is 5. The van der Waals surface area contributed by atoms with E-state index in [1.54, 1.807) is 24.3 Å². The summed E-state index contributed by atoms with van der Waals surface area (Å²) < 4.78 is 4.90. The highest BCUT2D eigenvalue weighted by Gasteiger charge is 2.14. The van der Waals surface area contributed by atoms with Gasteiger partial charge in [-0.1, -0.05) is 19.1 Å². The Kier molecular flexibility index (Phi) is 9.29. The van der Waals surface area contributed by atoms with Gasteiger partial charge in [0.25, 0.3) is 5.91 Å². The predicted octanol–water partition coefficient (Wildman–Crippen LogP) is 2.37. The van der Waals surface area contributed by atoms with Crippen molar-refractivity contribution in [1.82, 2.24) is 10.6 Å². The Hall–Kier alpha value is -2.48. The van der Waals surface area contributed by atoms with Crippen LogP contribution in [-0.4, -0.2) is 35.5 Å². The van der Waals surface area contributed by atoms with Gasteiger partial charge in [0.15, 0.2) is 5.11 Å². The number of anilines is 1. The molecule has 0 aromatic heterocycles. The van der Waals surface area contributed by atoms with Crippen LogP contribution in [-0.2, 0) is 14.3 Å². The van der Waals surface area contributed by atoms with Crippen LogP contribution in [0.15, 0.2) is 24.3 Å². The van der Waals surface area contributed by atoms with Crippen molar-refractivity contribution >= 4 is 40.8 Å². The molecule has 0 bridgehead atoms. The topological polar surface area (TPSA) is 96.5 Å². The minimum Gasteiger partial charge on any atom is -0.466 e. The first kappa shape index (κ1) is 21.6. The first-order valence-corrected chi connectivity index (χ1v) is 8.90. The summed E-state index contributed by atoms with van der Waals surface area (Å²) in [5.41, 5.74) is 0.902. The number of nitrogens with one attached hydrogen (secondary N) is 3. The van der Waals surface area contributed by atoms with Gasteiger partial charge in [0.05, 0.1) is 24.3 Å². The van der Waals surface area contributed by atoms with Crippen LogP contribution in [0.2, 0.25) is 0 Å². The van der Waals surface area contributed by atoms with Crippen LogP contribution in [0, 0.1) is 0 Å². The Morgan fingerprint density at radius 2 is 1.85 bits per heavy atom. The third-order valence-electron chi connectivity index (χ3n) is 3.12. The first-order chi connectivity index (χ1) is 12.3. The normalized spacial score (nSPS) is 10.2. The smallest absolute Gasteiger partial charge is 0.306 e. The van der Waals surface area contributed by atoms with Gasteiger partial charge in [-0.3, -0.25) is 14.4 Å². The number of benzene rings is 1. The molecule has 0 aliphatic heterocycles. The molecule has 0 aliphatic carbocycles. The van der Waals surface area contributed by atoms with Crippen LogP contribution in [0.4, 0.5) is 5.69 Å². The van der Waals surface area contributed by atoms with Gasteiger partial charge in [0.2, 0.25) is 5.91 Å². The largest absolute Gasteiger partial charge is 0.466 e. The zero-order valence-electron chi connectivity index (χ0n) is 15.3. The van der Waals surface area contributed by atoms with Gasteiger partial charge in [-0.05, 0) is 44.6 Å². The average Bonchev–Trinajstić information content (AvgIpc) is 2.57. The highest BCUT2D eigenvalue weighted by molar-refractivity contribution is 7.80. The van der Waals surface area contributed by atoms with E-state index in [1.165, 1.54) is 0 Å².